The molecule has 2 aromatic carbocycles. The molecule has 0 aliphatic carbocycles. The van der Waals surface area contributed by atoms with Crippen LogP contribution >= 0.6 is 0 Å². The number of aliphatic imine (C=N–C) groups is 1. The van der Waals surface area contributed by atoms with E-state index in [9.17, 15) is 20.3 Å². The Bertz CT molecular complexity index is 656. The standard InChI is InChI=1S/C15H14N2O4/c18-14(11-5-2-1-3-6-11)10-16-9-12-7-4-8-13(15(12)19)17(20)21/h1-9,14,18-19H,10H2/t14-/m0/s1. The molecule has 0 unspecified atom stereocenters. The van der Waals surface area contributed by atoms with Crippen molar-refractivity contribution in [3.63, 3.8) is 0 Å². The van der Waals surface area contributed by atoms with Crippen LogP contribution in [0.15, 0.2) is 53.5 Å². The van der Waals surface area contributed by atoms with Crippen LogP contribution in [0.2, 0.25) is 0 Å². The molecule has 0 amide bonds. The Balaban J connectivity index is 2.09. The molecule has 0 aliphatic rings. The molecular formula is C15H14N2O4. The molecule has 2 aromatic rings. The fourth-order valence-electron chi connectivity index (χ4n) is 1.83. The van der Waals surface area contributed by atoms with Gasteiger partial charge in [0.1, 0.15) is 0 Å². The van der Waals surface area contributed by atoms with Crippen LogP contribution in [0.3, 0.4) is 0 Å². The third kappa shape index (κ3) is 3.64. The number of phenols is 1. The maximum Gasteiger partial charge on any atom is 0.311 e. The minimum atomic E-state index is -0.761. The Kier molecular flexibility index (Phi) is 4.63. The Morgan fingerprint density at radius 3 is 2.57 bits per heavy atom. The molecule has 0 aliphatic heterocycles. The highest BCUT2D eigenvalue weighted by atomic mass is 16.6. The molecule has 0 aromatic heterocycles. The number of aromatic hydroxyl groups is 1. The molecule has 0 bridgehead atoms. The van der Waals surface area contributed by atoms with E-state index >= 15 is 0 Å². The number of aliphatic hydroxyl groups excluding tert-OH is 1. The lowest BCUT2D eigenvalue weighted by molar-refractivity contribution is -0.385. The zero-order valence-electron chi connectivity index (χ0n) is 11.1. The van der Waals surface area contributed by atoms with Gasteiger partial charge in [-0.05, 0) is 11.6 Å². The summed E-state index contributed by atoms with van der Waals surface area (Å²) in [5, 5.41) is 30.4. The van der Waals surface area contributed by atoms with Crippen molar-refractivity contribution in [2.24, 2.45) is 4.99 Å². The molecule has 108 valence electrons. The van der Waals surface area contributed by atoms with Gasteiger partial charge in [0.15, 0.2) is 0 Å². The molecule has 0 spiro atoms. The van der Waals surface area contributed by atoms with Gasteiger partial charge in [0.2, 0.25) is 5.75 Å². The highest BCUT2D eigenvalue weighted by Gasteiger charge is 2.15. The number of benzene rings is 2. The van der Waals surface area contributed by atoms with Gasteiger partial charge in [0, 0.05) is 17.8 Å². The van der Waals surface area contributed by atoms with E-state index in [0.717, 1.165) is 5.56 Å². The largest absolute Gasteiger partial charge is 0.502 e. The number of rotatable bonds is 5. The number of hydrogen-bond donors (Lipinski definition) is 2. The maximum absolute atomic E-state index is 10.7. The predicted octanol–water partition coefficient (Wildman–Crippen LogP) is 2.45. The Morgan fingerprint density at radius 2 is 1.90 bits per heavy atom. The lowest BCUT2D eigenvalue weighted by Gasteiger charge is -2.07. The molecule has 0 heterocycles. The van der Waals surface area contributed by atoms with Gasteiger partial charge in [-0.15, -0.1) is 0 Å². The van der Waals surface area contributed by atoms with E-state index in [0.29, 0.717) is 0 Å². The van der Waals surface area contributed by atoms with Crippen molar-refractivity contribution >= 4 is 11.9 Å². The SMILES string of the molecule is O=[N+]([O-])c1cccc(C=NC[C@H](O)c2ccccc2)c1O. The number of phenolic OH excluding ortho intramolecular Hbond substituents is 1. The average Bonchev–Trinajstić information content (AvgIpc) is 2.49. The van der Waals surface area contributed by atoms with Crippen LogP contribution in [0.25, 0.3) is 0 Å². The number of aliphatic hydroxyl groups is 1. The third-order valence-electron chi connectivity index (χ3n) is 2.94. The first-order valence-electron chi connectivity index (χ1n) is 6.29. The zero-order valence-corrected chi connectivity index (χ0v) is 11.1. The first-order valence-corrected chi connectivity index (χ1v) is 6.29. The number of para-hydroxylation sites is 1. The van der Waals surface area contributed by atoms with E-state index < -0.39 is 16.8 Å². The second kappa shape index (κ2) is 6.62. The average molecular weight is 286 g/mol. The van der Waals surface area contributed by atoms with Crippen LogP contribution < -0.4 is 0 Å². The zero-order chi connectivity index (χ0) is 15.2. The van der Waals surface area contributed by atoms with Gasteiger partial charge in [-0.1, -0.05) is 36.4 Å². The number of nitro groups is 1. The molecule has 0 saturated heterocycles. The number of nitro benzene ring substituents is 1. The minimum Gasteiger partial charge on any atom is -0.502 e. The van der Waals surface area contributed by atoms with Crippen LogP contribution in [-0.4, -0.2) is 27.9 Å². The van der Waals surface area contributed by atoms with Crippen molar-refractivity contribution in [3.05, 3.63) is 69.8 Å². The summed E-state index contributed by atoms with van der Waals surface area (Å²) in [6.45, 7) is 0.103. The highest BCUT2D eigenvalue weighted by molar-refractivity contribution is 5.85. The van der Waals surface area contributed by atoms with Crippen molar-refractivity contribution < 1.29 is 15.1 Å². The number of hydrogen-bond acceptors (Lipinski definition) is 5. The highest BCUT2D eigenvalue weighted by Crippen LogP contribution is 2.28. The van der Waals surface area contributed by atoms with Crippen LogP contribution in [0.4, 0.5) is 5.69 Å². The van der Waals surface area contributed by atoms with Crippen molar-refractivity contribution in [1.29, 1.82) is 0 Å². The Hall–Kier alpha value is -2.73. The minimum absolute atomic E-state index is 0.103. The van der Waals surface area contributed by atoms with Crippen LogP contribution in [0.1, 0.15) is 17.2 Å². The first-order chi connectivity index (χ1) is 10.1. The predicted molar refractivity (Wildman–Crippen MR) is 78.6 cm³/mol. The van der Waals surface area contributed by atoms with Crippen molar-refractivity contribution in [2.45, 2.75) is 6.10 Å². The van der Waals surface area contributed by atoms with Crippen LogP contribution in [0.5, 0.6) is 5.75 Å². The fraction of sp³-hybridized carbons (Fsp3) is 0.133. The summed E-state index contributed by atoms with van der Waals surface area (Å²) in [7, 11) is 0. The molecule has 1 atom stereocenters. The van der Waals surface area contributed by atoms with Crippen LogP contribution in [-0.2, 0) is 0 Å². The monoisotopic (exact) mass is 286 g/mol. The molecule has 21 heavy (non-hydrogen) atoms. The van der Waals surface area contributed by atoms with Gasteiger partial charge in [-0.25, -0.2) is 0 Å². The topological polar surface area (TPSA) is 96.0 Å². The summed E-state index contributed by atoms with van der Waals surface area (Å²) in [4.78, 5) is 14.1. The van der Waals surface area contributed by atoms with Crippen molar-refractivity contribution in [1.82, 2.24) is 0 Å². The van der Waals surface area contributed by atoms with E-state index in [1.165, 1.54) is 24.4 Å². The summed E-state index contributed by atoms with van der Waals surface area (Å²) < 4.78 is 0. The molecule has 6 heteroatoms. The molecular weight excluding hydrogens is 272 g/mol. The molecule has 6 nitrogen and oxygen atoms in total. The maximum atomic E-state index is 10.7. The molecule has 2 N–H and O–H groups in total. The van der Waals surface area contributed by atoms with E-state index in [4.69, 9.17) is 0 Å². The first kappa shape index (κ1) is 14.7. The summed E-state index contributed by atoms with van der Waals surface area (Å²) in [6.07, 6.45) is 0.553. The lowest BCUT2D eigenvalue weighted by atomic mass is 10.1. The fourth-order valence-corrected chi connectivity index (χ4v) is 1.83. The van der Waals surface area contributed by atoms with E-state index in [1.807, 2.05) is 18.2 Å². The van der Waals surface area contributed by atoms with Crippen molar-refractivity contribution in [3.8, 4) is 5.75 Å². The summed E-state index contributed by atoms with van der Waals surface area (Å²) in [5.74, 6) is -0.430. The van der Waals surface area contributed by atoms with E-state index in [1.54, 1.807) is 12.1 Å². The molecule has 0 fully saturated rings. The van der Waals surface area contributed by atoms with E-state index in [-0.39, 0.29) is 17.8 Å². The smallest absolute Gasteiger partial charge is 0.311 e. The van der Waals surface area contributed by atoms with Crippen LogP contribution in [0, 0.1) is 10.1 Å². The van der Waals surface area contributed by atoms with Gasteiger partial charge >= 0.3 is 5.69 Å². The van der Waals surface area contributed by atoms with Gasteiger partial charge in [0.05, 0.1) is 17.6 Å². The van der Waals surface area contributed by atoms with Gasteiger partial charge < -0.3 is 10.2 Å². The van der Waals surface area contributed by atoms with Gasteiger partial charge in [-0.3, -0.25) is 15.1 Å². The second-order valence-corrected chi connectivity index (χ2v) is 4.39. The van der Waals surface area contributed by atoms with Gasteiger partial charge in [0.25, 0.3) is 0 Å². The molecule has 2 rings (SSSR count). The summed E-state index contributed by atoms with van der Waals surface area (Å²) in [6, 6.07) is 13.2. The summed E-state index contributed by atoms with van der Waals surface area (Å²) >= 11 is 0. The number of nitrogens with zero attached hydrogens (tertiary/aromatic N) is 2. The van der Waals surface area contributed by atoms with E-state index in [2.05, 4.69) is 4.99 Å². The van der Waals surface area contributed by atoms with Crippen molar-refractivity contribution in [2.75, 3.05) is 6.54 Å². The summed E-state index contributed by atoms with van der Waals surface area (Å²) in [5.41, 5.74) is 0.602. The quantitative estimate of drug-likeness (QED) is 0.501. The second-order valence-electron chi connectivity index (χ2n) is 4.39. The Morgan fingerprint density at radius 1 is 1.19 bits per heavy atom. The molecule has 0 radical (unpaired) electrons. The van der Waals surface area contributed by atoms with Gasteiger partial charge in [-0.2, -0.15) is 0 Å². The third-order valence-corrected chi connectivity index (χ3v) is 2.94. The molecule has 0 saturated carbocycles. The Labute approximate surface area is 121 Å². The lowest BCUT2D eigenvalue weighted by Crippen LogP contribution is -2.01. The normalized spacial score (nSPS) is 12.4.